The maximum absolute atomic E-state index is 12.8. The van der Waals surface area contributed by atoms with Gasteiger partial charge in [-0.1, -0.05) is 23.7 Å². The van der Waals surface area contributed by atoms with Gasteiger partial charge in [0.25, 0.3) is 5.91 Å². The van der Waals surface area contributed by atoms with Crippen LogP contribution in [0.15, 0.2) is 48.8 Å². The Kier molecular flexibility index (Phi) is 4.12. The van der Waals surface area contributed by atoms with Crippen molar-refractivity contribution in [3.63, 3.8) is 0 Å². The van der Waals surface area contributed by atoms with Crippen LogP contribution in [-0.2, 0) is 4.74 Å². The molecule has 2 heterocycles. The summed E-state index contributed by atoms with van der Waals surface area (Å²) in [6.07, 6.45) is 3.01. The van der Waals surface area contributed by atoms with Gasteiger partial charge in [0.2, 0.25) is 0 Å². The van der Waals surface area contributed by atoms with Gasteiger partial charge in [0.1, 0.15) is 5.65 Å². The highest BCUT2D eigenvalue weighted by Gasteiger charge is 2.21. The van der Waals surface area contributed by atoms with Crippen LogP contribution >= 0.6 is 11.6 Å². The number of fused-ring (bicyclic) bond motifs is 1. The molecule has 6 heteroatoms. The fraction of sp³-hybridized carbons (Fsp3) is 0.118. The minimum absolute atomic E-state index is 0.254. The molecule has 0 radical (unpaired) electrons. The van der Waals surface area contributed by atoms with E-state index in [9.17, 15) is 9.59 Å². The van der Waals surface area contributed by atoms with Crippen LogP contribution in [0.4, 0.5) is 0 Å². The number of pyridine rings is 1. The third-order valence-corrected chi connectivity index (χ3v) is 3.71. The average Bonchev–Trinajstić information content (AvgIpc) is 2.95. The van der Waals surface area contributed by atoms with Gasteiger partial charge in [-0.05, 0) is 31.2 Å². The fourth-order valence-electron chi connectivity index (χ4n) is 2.35. The lowest BCUT2D eigenvalue weighted by Crippen LogP contribution is -2.12. The molecule has 0 amide bonds. The summed E-state index contributed by atoms with van der Waals surface area (Å²) in [7, 11) is 0. The van der Waals surface area contributed by atoms with Crippen molar-refractivity contribution >= 4 is 34.5 Å². The number of nitrogens with zero attached hydrogens (tertiary/aromatic N) is 2. The van der Waals surface area contributed by atoms with Gasteiger partial charge in [-0.25, -0.2) is 9.78 Å². The largest absolute Gasteiger partial charge is 0.462 e. The van der Waals surface area contributed by atoms with Crippen LogP contribution in [0, 0.1) is 0 Å². The van der Waals surface area contributed by atoms with Crippen molar-refractivity contribution in [2.24, 2.45) is 0 Å². The number of hydrogen-bond acceptors (Lipinski definition) is 4. The zero-order chi connectivity index (χ0) is 16.4. The van der Waals surface area contributed by atoms with Crippen molar-refractivity contribution in [2.45, 2.75) is 6.92 Å². The highest BCUT2D eigenvalue weighted by Crippen LogP contribution is 2.23. The van der Waals surface area contributed by atoms with Crippen molar-refractivity contribution in [2.75, 3.05) is 6.61 Å². The zero-order valence-corrected chi connectivity index (χ0v) is 13.1. The van der Waals surface area contributed by atoms with Gasteiger partial charge >= 0.3 is 5.97 Å². The summed E-state index contributed by atoms with van der Waals surface area (Å²) in [5.74, 6) is -0.842. The van der Waals surface area contributed by atoms with Gasteiger partial charge in [0.15, 0.2) is 0 Å². The minimum Gasteiger partial charge on any atom is -0.462 e. The molecule has 0 aliphatic carbocycles. The maximum atomic E-state index is 12.8. The van der Waals surface area contributed by atoms with Crippen LogP contribution in [0.25, 0.3) is 11.0 Å². The standard InChI is InChI=1S/C17H13ClN2O3/c1-2-23-17(22)13-10-20(15-11(13)7-5-9-19-15)16(21)12-6-3-4-8-14(12)18/h3-10H,2H2,1H3. The van der Waals surface area contributed by atoms with Crippen LogP contribution in [0.2, 0.25) is 5.02 Å². The summed E-state index contributed by atoms with van der Waals surface area (Å²) < 4.78 is 6.36. The summed E-state index contributed by atoms with van der Waals surface area (Å²) in [6, 6.07) is 10.2. The van der Waals surface area contributed by atoms with Gasteiger partial charge in [-0.2, -0.15) is 0 Å². The lowest BCUT2D eigenvalue weighted by molar-refractivity contribution is 0.0528. The second-order valence-corrected chi connectivity index (χ2v) is 5.20. The van der Waals surface area contributed by atoms with E-state index in [0.717, 1.165) is 0 Å². The summed E-state index contributed by atoms with van der Waals surface area (Å²) in [5, 5.41) is 0.902. The molecule has 0 aliphatic heterocycles. The molecule has 0 aliphatic rings. The molecule has 0 fully saturated rings. The van der Waals surface area contributed by atoms with Crippen molar-refractivity contribution < 1.29 is 14.3 Å². The number of carbonyl (C=O) groups is 2. The van der Waals surface area contributed by atoms with E-state index in [1.54, 1.807) is 49.5 Å². The predicted molar refractivity (Wildman–Crippen MR) is 86.9 cm³/mol. The summed E-state index contributed by atoms with van der Waals surface area (Å²) in [4.78, 5) is 29.1. The maximum Gasteiger partial charge on any atom is 0.340 e. The van der Waals surface area contributed by atoms with E-state index in [0.29, 0.717) is 27.2 Å². The van der Waals surface area contributed by atoms with E-state index in [1.807, 2.05) is 0 Å². The first kappa shape index (κ1) is 15.2. The number of aromatic nitrogens is 2. The van der Waals surface area contributed by atoms with Crippen LogP contribution < -0.4 is 0 Å². The molecule has 23 heavy (non-hydrogen) atoms. The Morgan fingerprint density at radius 3 is 2.70 bits per heavy atom. The molecule has 0 spiro atoms. The predicted octanol–water partition coefficient (Wildman–Crippen LogP) is 3.55. The first-order chi connectivity index (χ1) is 11.1. The molecule has 0 bridgehead atoms. The lowest BCUT2D eigenvalue weighted by atomic mass is 10.2. The molecule has 5 nitrogen and oxygen atoms in total. The Labute approximate surface area is 137 Å². The van der Waals surface area contributed by atoms with E-state index in [-0.39, 0.29) is 12.5 Å². The average molecular weight is 329 g/mol. The normalized spacial score (nSPS) is 10.7. The number of ether oxygens (including phenoxy) is 1. The van der Waals surface area contributed by atoms with Gasteiger partial charge in [-0.3, -0.25) is 9.36 Å². The molecule has 2 aromatic heterocycles. The van der Waals surface area contributed by atoms with Gasteiger partial charge in [0, 0.05) is 17.8 Å². The first-order valence-electron chi connectivity index (χ1n) is 7.06. The second-order valence-electron chi connectivity index (χ2n) is 4.79. The van der Waals surface area contributed by atoms with E-state index in [4.69, 9.17) is 16.3 Å². The number of rotatable bonds is 3. The smallest absolute Gasteiger partial charge is 0.340 e. The molecule has 1 aromatic carbocycles. The first-order valence-corrected chi connectivity index (χ1v) is 7.43. The van der Waals surface area contributed by atoms with Gasteiger partial charge in [-0.15, -0.1) is 0 Å². The zero-order valence-electron chi connectivity index (χ0n) is 12.3. The van der Waals surface area contributed by atoms with Crippen molar-refractivity contribution in [3.8, 4) is 0 Å². The molecule has 0 N–H and O–H groups in total. The summed E-state index contributed by atoms with van der Waals surface area (Å²) in [5.41, 5.74) is 1.03. The number of benzene rings is 1. The Morgan fingerprint density at radius 1 is 1.17 bits per heavy atom. The molecular weight excluding hydrogens is 316 g/mol. The number of esters is 1. The fourth-order valence-corrected chi connectivity index (χ4v) is 2.57. The van der Waals surface area contributed by atoms with E-state index < -0.39 is 5.97 Å². The minimum atomic E-state index is -0.490. The second kappa shape index (κ2) is 6.22. The van der Waals surface area contributed by atoms with Crippen molar-refractivity contribution in [3.05, 3.63) is 64.9 Å². The highest BCUT2D eigenvalue weighted by molar-refractivity contribution is 6.34. The molecule has 3 rings (SSSR count). The van der Waals surface area contributed by atoms with E-state index >= 15 is 0 Å². The quantitative estimate of drug-likeness (QED) is 0.690. The third-order valence-electron chi connectivity index (χ3n) is 3.38. The van der Waals surface area contributed by atoms with Crippen molar-refractivity contribution in [1.29, 1.82) is 0 Å². The molecule has 0 saturated heterocycles. The number of carbonyl (C=O) groups excluding carboxylic acids is 2. The van der Waals surface area contributed by atoms with Crippen LogP contribution in [0.1, 0.15) is 27.6 Å². The molecule has 3 aromatic rings. The Bertz CT molecular complexity index is 902. The van der Waals surface area contributed by atoms with Gasteiger partial charge < -0.3 is 4.74 Å². The third kappa shape index (κ3) is 2.71. The summed E-state index contributed by atoms with van der Waals surface area (Å²) >= 11 is 6.09. The van der Waals surface area contributed by atoms with Crippen LogP contribution in [0.5, 0.6) is 0 Å². The SMILES string of the molecule is CCOC(=O)c1cn(C(=O)c2ccccc2Cl)c2ncccc12. The highest BCUT2D eigenvalue weighted by atomic mass is 35.5. The van der Waals surface area contributed by atoms with Gasteiger partial charge in [0.05, 0.1) is 22.8 Å². The molecule has 0 saturated carbocycles. The Morgan fingerprint density at radius 2 is 1.96 bits per heavy atom. The number of halogens is 1. The van der Waals surface area contributed by atoms with Crippen molar-refractivity contribution in [1.82, 2.24) is 9.55 Å². The lowest BCUT2D eigenvalue weighted by Gasteiger charge is -2.05. The molecule has 0 atom stereocenters. The monoisotopic (exact) mass is 328 g/mol. The molecular formula is C17H13ClN2O3. The molecule has 0 unspecified atom stereocenters. The topological polar surface area (TPSA) is 61.2 Å². The number of hydrogen-bond donors (Lipinski definition) is 0. The van der Waals surface area contributed by atoms with E-state index in [2.05, 4.69) is 4.98 Å². The van der Waals surface area contributed by atoms with Crippen LogP contribution in [-0.4, -0.2) is 28.0 Å². The Balaban J connectivity index is 2.17. The van der Waals surface area contributed by atoms with Crippen LogP contribution in [0.3, 0.4) is 0 Å². The summed E-state index contributed by atoms with van der Waals surface area (Å²) in [6.45, 7) is 1.98. The Hall–Kier alpha value is -2.66. The van der Waals surface area contributed by atoms with E-state index in [1.165, 1.54) is 10.8 Å². The molecule has 116 valence electrons.